The van der Waals surface area contributed by atoms with Crippen molar-refractivity contribution in [1.29, 1.82) is 0 Å². The maximum atomic E-state index is 12.7. The summed E-state index contributed by atoms with van der Waals surface area (Å²) in [7, 11) is 1.65. The van der Waals surface area contributed by atoms with Crippen molar-refractivity contribution < 1.29 is 14.6 Å². The van der Waals surface area contributed by atoms with Gasteiger partial charge in [-0.15, -0.1) is 0 Å². The smallest absolute Gasteiger partial charge is 0.165 e. The Balaban J connectivity index is 1.98. The molecule has 1 saturated carbocycles. The fourth-order valence-corrected chi connectivity index (χ4v) is 4.88. The number of aromatic nitrogens is 2. The maximum Gasteiger partial charge on any atom is 0.165 e. The van der Waals surface area contributed by atoms with Crippen molar-refractivity contribution in [3.05, 3.63) is 65.4 Å². The first-order valence-corrected chi connectivity index (χ1v) is 8.93. The molecule has 0 spiro atoms. The second-order valence-corrected chi connectivity index (χ2v) is 7.23. The van der Waals surface area contributed by atoms with E-state index >= 15 is 0 Å². The highest BCUT2D eigenvalue weighted by molar-refractivity contribution is 5.98. The van der Waals surface area contributed by atoms with E-state index in [-0.39, 0.29) is 17.6 Å². The van der Waals surface area contributed by atoms with E-state index in [0.29, 0.717) is 12.0 Å². The summed E-state index contributed by atoms with van der Waals surface area (Å²) in [6, 6.07) is 8.00. The Morgan fingerprint density at radius 3 is 2.77 bits per heavy atom. The number of hydrogen-bond acceptors (Lipinski definition) is 5. The van der Waals surface area contributed by atoms with Gasteiger partial charge in [0.25, 0.3) is 0 Å². The third-order valence-electron chi connectivity index (χ3n) is 6.13. The summed E-state index contributed by atoms with van der Waals surface area (Å²) in [5.74, 6) is 0.791. The van der Waals surface area contributed by atoms with Crippen LogP contribution in [0.3, 0.4) is 0 Å². The lowest BCUT2D eigenvalue weighted by Crippen LogP contribution is -2.50. The molecular formula is C21H22N2O3. The quantitative estimate of drug-likeness (QED) is 0.664. The first-order valence-electron chi connectivity index (χ1n) is 8.93. The van der Waals surface area contributed by atoms with Crippen LogP contribution in [-0.2, 0) is 16.6 Å². The highest BCUT2D eigenvalue weighted by atomic mass is 16.5. The molecule has 2 aliphatic carbocycles. The van der Waals surface area contributed by atoms with Gasteiger partial charge in [-0.2, -0.15) is 0 Å². The zero-order valence-electron chi connectivity index (χ0n) is 15.0. The molecule has 4 rings (SSSR count). The van der Waals surface area contributed by atoms with Gasteiger partial charge >= 0.3 is 0 Å². The zero-order chi connectivity index (χ0) is 18.3. The van der Waals surface area contributed by atoms with E-state index in [0.717, 1.165) is 41.7 Å². The van der Waals surface area contributed by atoms with Gasteiger partial charge in [-0.05, 0) is 48.4 Å². The standard InChI is InChI=1S/C21H22N2O3/c1-13-18-8-3-14-10-22-12-23-20(14)21(18,9-15(11-24)19(13)25)16-4-6-17(26-2)7-5-16/h4-7,10-13,18,24H,3,8-9H2,1-2H3/b15-11-/t13-,18-,21+/m0/s1. The average Bonchev–Trinajstić information content (AvgIpc) is 2.70. The van der Waals surface area contributed by atoms with Crippen molar-refractivity contribution in [2.75, 3.05) is 7.11 Å². The molecule has 2 aliphatic rings. The number of ether oxygens (including phenoxy) is 1. The monoisotopic (exact) mass is 350 g/mol. The maximum absolute atomic E-state index is 12.7. The number of fused-ring (bicyclic) bond motifs is 3. The number of carbonyl (C=O) groups is 1. The molecule has 0 radical (unpaired) electrons. The van der Waals surface area contributed by atoms with Crippen molar-refractivity contribution in [1.82, 2.24) is 9.97 Å². The van der Waals surface area contributed by atoms with E-state index in [1.165, 1.54) is 0 Å². The minimum absolute atomic E-state index is 0.0409. The van der Waals surface area contributed by atoms with Gasteiger partial charge in [-0.3, -0.25) is 4.79 Å². The Bertz CT molecular complexity index is 875. The van der Waals surface area contributed by atoms with Crippen LogP contribution in [0.2, 0.25) is 0 Å². The van der Waals surface area contributed by atoms with Gasteiger partial charge in [0, 0.05) is 23.1 Å². The van der Waals surface area contributed by atoms with Crippen LogP contribution in [-0.4, -0.2) is 28.0 Å². The number of nitrogens with zero attached hydrogens (tertiary/aromatic N) is 2. The van der Waals surface area contributed by atoms with Gasteiger partial charge in [-0.1, -0.05) is 19.1 Å². The number of aliphatic hydroxyl groups excluding tert-OH is 1. The second kappa shape index (κ2) is 6.24. The first kappa shape index (κ1) is 16.8. The van der Waals surface area contributed by atoms with E-state index in [1.54, 1.807) is 13.4 Å². The first-order chi connectivity index (χ1) is 12.6. The highest BCUT2D eigenvalue weighted by Gasteiger charge is 2.54. The number of hydrogen-bond donors (Lipinski definition) is 1. The third kappa shape index (κ3) is 2.26. The average molecular weight is 350 g/mol. The van der Waals surface area contributed by atoms with Gasteiger partial charge in [0.2, 0.25) is 0 Å². The molecule has 1 fully saturated rings. The van der Waals surface area contributed by atoms with Gasteiger partial charge in [-0.25, -0.2) is 9.97 Å². The van der Waals surface area contributed by atoms with Crippen LogP contribution in [0.1, 0.15) is 36.6 Å². The van der Waals surface area contributed by atoms with Gasteiger partial charge in [0.05, 0.1) is 19.1 Å². The summed E-state index contributed by atoms with van der Waals surface area (Å²) in [5, 5.41) is 9.73. The molecule has 2 aromatic rings. The molecule has 3 atom stereocenters. The van der Waals surface area contributed by atoms with E-state index < -0.39 is 5.41 Å². The van der Waals surface area contributed by atoms with Crippen molar-refractivity contribution >= 4 is 5.78 Å². The molecule has 0 aliphatic heterocycles. The fourth-order valence-electron chi connectivity index (χ4n) is 4.88. The molecule has 0 bridgehead atoms. The topological polar surface area (TPSA) is 72.3 Å². The number of methoxy groups -OCH3 is 1. The normalized spacial score (nSPS) is 29.2. The van der Waals surface area contributed by atoms with E-state index in [2.05, 4.69) is 22.1 Å². The minimum atomic E-state index is -0.440. The van der Waals surface area contributed by atoms with Crippen molar-refractivity contribution in [2.45, 2.75) is 31.6 Å². The molecule has 1 heterocycles. The fraction of sp³-hybridized carbons (Fsp3) is 0.381. The number of carbonyl (C=O) groups excluding carboxylic acids is 1. The highest BCUT2D eigenvalue weighted by Crippen LogP contribution is 2.55. The second-order valence-electron chi connectivity index (χ2n) is 7.23. The molecule has 26 heavy (non-hydrogen) atoms. The van der Waals surface area contributed by atoms with Gasteiger partial charge in [0.15, 0.2) is 5.78 Å². The van der Waals surface area contributed by atoms with Crippen LogP contribution in [0.4, 0.5) is 0 Å². The van der Waals surface area contributed by atoms with Crippen LogP contribution < -0.4 is 4.74 Å². The molecule has 1 N–H and O–H groups in total. The summed E-state index contributed by atoms with van der Waals surface area (Å²) >= 11 is 0. The molecule has 0 unspecified atom stereocenters. The predicted octanol–water partition coefficient (Wildman–Crippen LogP) is 3.38. The number of allylic oxidation sites excluding steroid dienone is 1. The summed E-state index contributed by atoms with van der Waals surface area (Å²) in [6.07, 6.45) is 6.67. The van der Waals surface area contributed by atoms with Crippen LogP contribution >= 0.6 is 0 Å². The zero-order valence-corrected chi connectivity index (χ0v) is 15.0. The van der Waals surface area contributed by atoms with E-state index in [4.69, 9.17) is 4.74 Å². The van der Waals surface area contributed by atoms with Gasteiger partial charge in [0.1, 0.15) is 12.1 Å². The molecule has 1 aromatic carbocycles. The Hall–Kier alpha value is -2.69. The lowest BCUT2D eigenvalue weighted by atomic mass is 9.52. The molecule has 134 valence electrons. The SMILES string of the molecule is COc1ccc([C@]23C/C(=C/O)C(=O)[C@@H](C)[C@@H]2CCc2cncnc23)cc1. The lowest BCUT2D eigenvalue weighted by molar-refractivity contribution is -0.123. The molecule has 1 aromatic heterocycles. The van der Waals surface area contributed by atoms with Crippen molar-refractivity contribution in [2.24, 2.45) is 11.8 Å². The lowest BCUT2D eigenvalue weighted by Gasteiger charge is -2.50. The van der Waals surface area contributed by atoms with Crippen LogP contribution in [0.25, 0.3) is 0 Å². The Morgan fingerprint density at radius 1 is 1.31 bits per heavy atom. The van der Waals surface area contributed by atoms with Crippen molar-refractivity contribution in [3.63, 3.8) is 0 Å². The third-order valence-corrected chi connectivity index (χ3v) is 6.13. The molecular weight excluding hydrogens is 328 g/mol. The Kier molecular flexibility index (Phi) is 4.02. The molecule has 5 heteroatoms. The van der Waals surface area contributed by atoms with Crippen molar-refractivity contribution in [3.8, 4) is 5.75 Å². The summed E-state index contributed by atoms with van der Waals surface area (Å²) in [5.41, 5.74) is 3.23. The molecule has 0 saturated heterocycles. The van der Waals surface area contributed by atoms with Crippen LogP contribution in [0, 0.1) is 11.8 Å². The van der Waals surface area contributed by atoms with Gasteiger partial charge < -0.3 is 9.84 Å². The molecule has 0 amide bonds. The number of benzene rings is 1. The summed E-state index contributed by atoms with van der Waals surface area (Å²) < 4.78 is 5.31. The Morgan fingerprint density at radius 2 is 2.08 bits per heavy atom. The molecule has 5 nitrogen and oxygen atoms in total. The summed E-state index contributed by atoms with van der Waals surface area (Å²) in [6.45, 7) is 1.97. The van der Waals surface area contributed by atoms with Crippen LogP contribution in [0.15, 0.2) is 48.6 Å². The van der Waals surface area contributed by atoms with E-state index in [9.17, 15) is 9.90 Å². The summed E-state index contributed by atoms with van der Waals surface area (Å²) in [4.78, 5) is 21.6. The number of aryl methyl sites for hydroxylation is 1. The number of Topliss-reactive ketones (excluding diaryl/α,β-unsaturated/α-hetero) is 1. The largest absolute Gasteiger partial charge is 0.515 e. The number of ketones is 1. The number of rotatable bonds is 2. The minimum Gasteiger partial charge on any atom is -0.515 e. The number of aliphatic hydroxyl groups is 1. The predicted molar refractivity (Wildman–Crippen MR) is 97.1 cm³/mol. The Labute approximate surface area is 152 Å². The van der Waals surface area contributed by atoms with E-state index in [1.807, 2.05) is 25.3 Å². The van der Waals surface area contributed by atoms with Crippen LogP contribution in [0.5, 0.6) is 5.75 Å².